The van der Waals surface area contributed by atoms with Gasteiger partial charge in [-0.2, -0.15) is 0 Å². The Kier molecular flexibility index (Phi) is 3.45. The molecular formula is C21H19N5. The van der Waals surface area contributed by atoms with Gasteiger partial charge < -0.3 is 10.3 Å². The fourth-order valence-electron chi connectivity index (χ4n) is 3.11. The third kappa shape index (κ3) is 2.81. The van der Waals surface area contributed by atoms with Crippen LogP contribution in [0.25, 0.3) is 33.4 Å². The molecule has 1 saturated carbocycles. The van der Waals surface area contributed by atoms with Gasteiger partial charge in [0.1, 0.15) is 5.65 Å². The van der Waals surface area contributed by atoms with Gasteiger partial charge in [0.2, 0.25) is 5.95 Å². The molecule has 5 heteroatoms. The van der Waals surface area contributed by atoms with Crippen molar-refractivity contribution in [2.75, 3.05) is 5.32 Å². The molecule has 0 amide bonds. The van der Waals surface area contributed by atoms with Gasteiger partial charge in [-0.1, -0.05) is 29.8 Å². The Bertz CT molecular complexity index is 1080. The van der Waals surface area contributed by atoms with Crippen LogP contribution in [0, 0.1) is 6.92 Å². The Morgan fingerprint density at radius 3 is 2.69 bits per heavy atom. The zero-order chi connectivity index (χ0) is 17.5. The summed E-state index contributed by atoms with van der Waals surface area (Å²) in [6.45, 7) is 2.10. The van der Waals surface area contributed by atoms with E-state index in [4.69, 9.17) is 0 Å². The van der Waals surface area contributed by atoms with Gasteiger partial charge in [-0.15, -0.1) is 0 Å². The summed E-state index contributed by atoms with van der Waals surface area (Å²) in [6, 6.07) is 13.2. The number of benzene rings is 1. The Morgan fingerprint density at radius 1 is 1.04 bits per heavy atom. The number of H-pyrrole nitrogens is 1. The molecule has 1 aliphatic rings. The molecule has 0 unspecified atom stereocenters. The van der Waals surface area contributed by atoms with Gasteiger partial charge in [-0.3, -0.25) is 0 Å². The van der Waals surface area contributed by atoms with Crippen LogP contribution in [0.1, 0.15) is 18.4 Å². The van der Waals surface area contributed by atoms with E-state index in [2.05, 4.69) is 62.5 Å². The van der Waals surface area contributed by atoms with Gasteiger partial charge in [0.15, 0.2) is 0 Å². The molecular weight excluding hydrogens is 322 g/mol. The zero-order valence-electron chi connectivity index (χ0n) is 14.5. The standard InChI is InChI=1S/C21H19N5/c1-13-2-4-14(5-3-13)15-10-17-18(12-24-20(17)23-11-15)19-8-9-22-21(26-19)25-16-6-7-16/h2-5,8-12,16H,6-7H2,1H3,(H,23,24)(H,22,25,26). The number of rotatable bonds is 4. The van der Waals surface area contributed by atoms with E-state index in [1.165, 1.54) is 18.4 Å². The van der Waals surface area contributed by atoms with Crippen LogP contribution < -0.4 is 5.32 Å². The van der Waals surface area contributed by atoms with Crippen LogP contribution in [0.2, 0.25) is 0 Å². The maximum absolute atomic E-state index is 4.69. The Morgan fingerprint density at radius 2 is 1.88 bits per heavy atom. The van der Waals surface area contributed by atoms with Crippen molar-refractivity contribution in [3.63, 3.8) is 0 Å². The Hall–Kier alpha value is -3.21. The molecule has 1 fully saturated rings. The number of fused-ring (bicyclic) bond motifs is 1. The van der Waals surface area contributed by atoms with Gasteiger partial charge >= 0.3 is 0 Å². The second-order valence-corrected chi connectivity index (χ2v) is 6.87. The molecule has 0 aliphatic heterocycles. The lowest BCUT2D eigenvalue weighted by molar-refractivity contribution is 1.06. The van der Waals surface area contributed by atoms with E-state index in [0.29, 0.717) is 12.0 Å². The number of nitrogens with one attached hydrogen (secondary N) is 2. The summed E-state index contributed by atoms with van der Waals surface area (Å²) in [6.07, 6.45) is 8.09. The fraction of sp³-hybridized carbons (Fsp3) is 0.190. The second kappa shape index (κ2) is 5.95. The average molecular weight is 341 g/mol. The molecule has 0 atom stereocenters. The molecule has 0 radical (unpaired) electrons. The quantitative estimate of drug-likeness (QED) is 0.570. The first-order valence-corrected chi connectivity index (χ1v) is 8.90. The molecule has 2 N–H and O–H groups in total. The lowest BCUT2D eigenvalue weighted by Gasteiger charge is -2.06. The normalized spacial score (nSPS) is 13.9. The van der Waals surface area contributed by atoms with Crippen LogP contribution in [-0.2, 0) is 0 Å². The minimum atomic E-state index is 0.531. The number of anilines is 1. The monoisotopic (exact) mass is 341 g/mol. The number of aromatic nitrogens is 4. The third-order valence-electron chi connectivity index (χ3n) is 4.76. The summed E-state index contributed by atoms with van der Waals surface area (Å²) in [5.74, 6) is 0.696. The summed E-state index contributed by atoms with van der Waals surface area (Å²) < 4.78 is 0. The summed E-state index contributed by atoms with van der Waals surface area (Å²) in [4.78, 5) is 16.9. The summed E-state index contributed by atoms with van der Waals surface area (Å²) in [5.41, 5.74) is 6.33. The van der Waals surface area contributed by atoms with Crippen molar-refractivity contribution in [1.29, 1.82) is 0 Å². The van der Waals surface area contributed by atoms with Crippen LogP contribution >= 0.6 is 0 Å². The summed E-state index contributed by atoms with van der Waals surface area (Å²) in [5, 5.41) is 4.43. The molecule has 0 saturated heterocycles. The van der Waals surface area contributed by atoms with E-state index < -0.39 is 0 Å². The van der Waals surface area contributed by atoms with E-state index in [9.17, 15) is 0 Å². The highest BCUT2D eigenvalue weighted by Crippen LogP contribution is 2.31. The van der Waals surface area contributed by atoms with Gasteiger partial charge in [-0.25, -0.2) is 15.0 Å². The van der Waals surface area contributed by atoms with Crippen LogP contribution in [0.4, 0.5) is 5.95 Å². The number of aryl methyl sites for hydroxylation is 1. The Balaban J connectivity index is 1.57. The highest BCUT2D eigenvalue weighted by Gasteiger charge is 2.22. The molecule has 0 spiro atoms. The van der Waals surface area contributed by atoms with Gasteiger partial charge in [-0.05, 0) is 37.5 Å². The first kappa shape index (κ1) is 15.1. The number of nitrogens with zero attached hydrogens (tertiary/aromatic N) is 3. The third-order valence-corrected chi connectivity index (χ3v) is 4.76. The molecule has 26 heavy (non-hydrogen) atoms. The minimum Gasteiger partial charge on any atom is -0.351 e. The maximum Gasteiger partial charge on any atom is 0.223 e. The van der Waals surface area contributed by atoms with E-state index in [0.717, 1.165) is 33.4 Å². The van der Waals surface area contributed by atoms with Gasteiger partial charge in [0, 0.05) is 41.1 Å². The lowest BCUT2D eigenvalue weighted by atomic mass is 10.0. The largest absolute Gasteiger partial charge is 0.351 e. The molecule has 0 bridgehead atoms. The van der Waals surface area contributed by atoms with E-state index in [1.807, 2.05) is 24.7 Å². The average Bonchev–Trinajstić information content (AvgIpc) is 3.38. The van der Waals surface area contributed by atoms with Crippen molar-refractivity contribution in [3.8, 4) is 22.4 Å². The first-order valence-electron chi connectivity index (χ1n) is 8.90. The van der Waals surface area contributed by atoms with Crippen molar-refractivity contribution in [2.45, 2.75) is 25.8 Å². The van der Waals surface area contributed by atoms with Crippen molar-refractivity contribution in [3.05, 3.63) is 60.6 Å². The van der Waals surface area contributed by atoms with Gasteiger partial charge in [0.25, 0.3) is 0 Å². The molecule has 1 aromatic carbocycles. The van der Waals surface area contributed by atoms with Crippen molar-refractivity contribution >= 4 is 17.0 Å². The first-order chi connectivity index (χ1) is 12.8. The number of hydrogen-bond acceptors (Lipinski definition) is 4. The topological polar surface area (TPSA) is 66.5 Å². The van der Waals surface area contributed by atoms with Gasteiger partial charge in [0.05, 0.1) is 5.69 Å². The fourth-order valence-corrected chi connectivity index (χ4v) is 3.11. The molecule has 5 rings (SSSR count). The summed E-state index contributed by atoms with van der Waals surface area (Å²) in [7, 11) is 0. The number of aromatic amines is 1. The summed E-state index contributed by atoms with van der Waals surface area (Å²) >= 11 is 0. The predicted molar refractivity (Wildman–Crippen MR) is 104 cm³/mol. The predicted octanol–water partition coefficient (Wildman–Crippen LogP) is 4.57. The van der Waals surface area contributed by atoms with Crippen LogP contribution in [0.15, 0.2) is 55.0 Å². The molecule has 128 valence electrons. The lowest BCUT2D eigenvalue weighted by Crippen LogP contribution is -2.05. The van der Waals surface area contributed by atoms with Crippen LogP contribution in [0.5, 0.6) is 0 Å². The Labute approximate surface area is 151 Å². The second-order valence-electron chi connectivity index (χ2n) is 6.87. The van der Waals surface area contributed by atoms with Crippen molar-refractivity contribution < 1.29 is 0 Å². The molecule has 5 nitrogen and oxygen atoms in total. The molecule has 3 heterocycles. The highest BCUT2D eigenvalue weighted by atomic mass is 15.1. The highest BCUT2D eigenvalue weighted by molar-refractivity contribution is 5.95. The molecule has 3 aromatic heterocycles. The van der Waals surface area contributed by atoms with Crippen LogP contribution in [-0.4, -0.2) is 26.0 Å². The van der Waals surface area contributed by atoms with Crippen molar-refractivity contribution in [1.82, 2.24) is 19.9 Å². The molecule has 4 aromatic rings. The SMILES string of the molecule is Cc1ccc(-c2cnc3[nH]cc(-c4ccnc(NC5CC5)n4)c3c2)cc1. The van der Waals surface area contributed by atoms with Crippen LogP contribution in [0.3, 0.4) is 0 Å². The smallest absolute Gasteiger partial charge is 0.223 e. The number of hydrogen-bond donors (Lipinski definition) is 2. The van der Waals surface area contributed by atoms with E-state index >= 15 is 0 Å². The number of pyridine rings is 1. The molecule has 1 aliphatic carbocycles. The zero-order valence-corrected chi connectivity index (χ0v) is 14.5. The van der Waals surface area contributed by atoms with Crippen molar-refractivity contribution in [2.24, 2.45) is 0 Å². The minimum absolute atomic E-state index is 0.531. The van der Waals surface area contributed by atoms with E-state index in [1.54, 1.807) is 0 Å². The van der Waals surface area contributed by atoms with E-state index in [-0.39, 0.29) is 0 Å². The maximum atomic E-state index is 4.69.